The van der Waals surface area contributed by atoms with Crippen molar-refractivity contribution in [3.05, 3.63) is 121 Å². The number of hydrogen-bond donors (Lipinski definition) is 4. The first-order valence-electron chi connectivity index (χ1n) is 22.7. The maximum atomic E-state index is 13.4. The van der Waals surface area contributed by atoms with Crippen LogP contribution in [0.25, 0.3) is 34.2 Å². The molecule has 0 saturated carbocycles. The van der Waals surface area contributed by atoms with Crippen LogP contribution in [0.1, 0.15) is 48.6 Å². The minimum atomic E-state index is -4.24. The Kier molecular flexibility index (Phi) is 17.2. The highest BCUT2D eigenvalue weighted by molar-refractivity contribution is 7.93. The summed E-state index contributed by atoms with van der Waals surface area (Å²) in [4.78, 5) is 24.5. The smallest absolute Gasteiger partial charge is 0.243 e. The highest BCUT2D eigenvalue weighted by atomic mass is 32.2. The van der Waals surface area contributed by atoms with Crippen LogP contribution in [0.15, 0.2) is 98.1 Å². The van der Waals surface area contributed by atoms with Crippen LogP contribution in [-0.2, 0) is 20.0 Å². The largest absolute Gasteiger partial charge is 0.494 e. The van der Waals surface area contributed by atoms with E-state index in [0.717, 1.165) is 11.1 Å². The zero-order valence-electron chi connectivity index (χ0n) is 42.7. The summed E-state index contributed by atoms with van der Waals surface area (Å²) in [5.41, 5.74) is 3.74. The van der Waals surface area contributed by atoms with Crippen LogP contribution in [0.5, 0.6) is 34.8 Å². The molecule has 0 aliphatic carbocycles. The van der Waals surface area contributed by atoms with Gasteiger partial charge in [-0.2, -0.15) is 0 Å². The number of nitrogens with one attached hydrogen (secondary N) is 2. The van der Waals surface area contributed by atoms with Gasteiger partial charge in [0.05, 0.1) is 78.8 Å². The number of benzene rings is 2. The second-order valence-corrected chi connectivity index (χ2v) is 20.5. The average molecular weight is 1080 g/mol. The molecule has 0 radical (unpaired) electrons. The van der Waals surface area contributed by atoms with Gasteiger partial charge in [0.15, 0.2) is 11.6 Å². The second-order valence-electron chi connectivity index (χ2n) is 16.5. The Morgan fingerprint density at radius 3 is 1.13 bits per heavy atom. The Bertz CT molecular complexity index is 3240. The number of pyridine rings is 2. The first-order valence-corrected chi connectivity index (χ1v) is 25.8. The molecule has 28 heteroatoms. The van der Waals surface area contributed by atoms with E-state index >= 15 is 0 Å². The Balaban J connectivity index is 0.000000221. The number of methoxy groups -OCH3 is 6. The van der Waals surface area contributed by atoms with E-state index in [-0.39, 0.29) is 46.7 Å². The van der Waals surface area contributed by atoms with E-state index in [1.807, 2.05) is 26.0 Å². The Morgan fingerprint density at radius 1 is 0.487 bits per heavy atom. The summed E-state index contributed by atoms with van der Waals surface area (Å²) in [6.45, 7) is 6.43. The summed E-state index contributed by atoms with van der Waals surface area (Å²) in [7, 11) is 0.281. The minimum absolute atomic E-state index is 0.0584. The van der Waals surface area contributed by atoms with Gasteiger partial charge in [0.25, 0.3) is 0 Å². The van der Waals surface area contributed by atoms with Gasteiger partial charge in [0, 0.05) is 35.9 Å². The van der Waals surface area contributed by atoms with Crippen molar-refractivity contribution in [3.63, 3.8) is 0 Å². The monoisotopic (exact) mass is 1080 g/mol. The van der Waals surface area contributed by atoms with Gasteiger partial charge in [0.2, 0.25) is 43.7 Å². The summed E-state index contributed by atoms with van der Waals surface area (Å²) in [6, 6.07) is 13.9. The lowest BCUT2D eigenvalue weighted by atomic mass is 10.2. The quantitative estimate of drug-likeness (QED) is 0.0808. The average Bonchev–Trinajstić information content (AvgIpc) is 4.05. The van der Waals surface area contributed by atoms with Crippen molar-refractivity contribution in [2.45, 2.75) is 50.4 Å². The summed E-state index contributed by atoms with van der Waals surface area (Å²) in [5, 5.41) is 35.6. The lowest BCUT2D eigenvalue weighted by Gasteiger charge is -2.21. The lowest BCUT2D eigenvalue weighted by Crippen LogP contribution is -2.32. The molecule has 4 atom stereocenters. The van der Waals surface area contributed by atoms with Gasteiger partial charge in [0.1, 0.15) is 57.1 Å². The van der Waals surface area contributed by atoms with Crippen molar-refractivity contribution in [2.75, 3.05) is 52.1 Å². The van der Waals surface area contributed by atoms with Crippen molar-refractivity contribution in [1.29, 1.82) is 0 Å². The lowest BCUT2D eigenvalue weighted by molar-refractivity contribution is 0.170. The Hall–Kier alpha value is -8.60. The number of aryl methyl sites for hydroxylation is 2. The van der Waals surface area contributed by atoms with Gasteiger partial charge in [-0.25, -0.2) is 26.8 Å². The second kappa shape index (κ2) is 23.7. The Labute approximate surface area is 437 Å². The number of ether oxygens (including phenoxy) is 6. The topological polar surface area (TPSA) is 327 Å². The fraction of sp³-hybridized carbons (Fsp3) is 0.292. The van der Waals surface area contributed by atoms with Crippen molar-refractivity contribution in [1.82, 2.24) is 59.4 Å². The molecule has 26 nitrogen and oxygen atoms in total. The fourth-order valence-electron chi connectivity index (χ4n) is 7.39. The number of aliphatic hydroxyl groups excluding tert-OH is 2. The molecule has 4 N–H and O–H groups in total. The van der Waals surface area contributed by atoms with Crippen molar-refractivity contribution in [3.8, 4) is 68.9 Å². The van der Waals surface area contributed by atoms with E-state index in [9.17, 15) is 27.0 Å². The van der Waals surface area contributed by atoms with E-state index in [4.69, 9.17) is 28.4 Å². The maximum Gasteiger partial charge on any atom is 0.243 e. The molecule has 6 heterocycles. The van der Waals surface area contributed by atoms with Crippen LogP contribution in [-0.4, -0.2) is 140 Å². The first-order chi connectivity index (χ1) is 36.4. The number of aliphatic hydroxyl groups is 2. The van der Waals surface area contributed by atoms with Gasteiger partial charge in [-0.1, -0.05) is 12.1 Å². The molecule has 8 rings (SSSR count). The number of para-hydroxylation sites is 2. The predicted molar refractivity (Wildman–Crippen MR) is 276 cm³/mol. The zero-order chi connectivity index (χ0) is 54.9. The van der Waals surface area contributed by atoms with Gasteiger partial charge < -0.3 is 38.6 Å². The van der Waals surface area contributed by atoms with Crippen LogP contribution >= 0.6 is 0 Å². The molecular weight excluding hydrogens is 1030 g/mol. The maximum absolute atomic E-state index is 13.4. The third kappa shape index (κ3) is 11.8. The SMILES string of the molecule is COc1cnc([C@@H](O)[C@@H](C)S(=O)(=O)Nc2nnc(-c3cncc(C)c3)n2-c2c(OC)cccc2OC)cn1.COc1cnc([C@H](O)[C@@H](C)S(=O)(=O)Nc2nnc(-c3cncc(C)c3)n2-c2c(OC)cccc2OC)cn1. The van der Waals surface area contributed by atoms with Gasteiger partial charge in [-0.05, 0) is 75.2 Å². The molecule has 76 heavy (non-hydrogen) atoms. The van der Waals surface area contributed by atoms with Crippen LogP contribution in [0.3, 0.4) is 0 Å². The van der Waals surface area contributed by atoms with E-state index in [2.05, 4.69) is 59.7 Å². The van der Waals surface area contributed by atoms with E-state index in [0.29, 0.717) is 45.5 Å². The Morgan fingerprint density at radius 2 is 0.842 bits per heavy atom. The minimum Gasteiger partial charge on any atom is -0.494 e. The first kappa shape index (κ1) is 55.2. The third-order valence-electron chi connectivity index (χ3n) is 11.5. The zero-order valence-corrected chi connectivity index (χ0v) is 44.3. The molecule has 0 bridgehead atoms. The standard InChI is InChI=1S/2C24H27N7O6S/c2*1-14-9-16(11-25-10-14)23-28-29-24(31(23)21-18(35-3)7-6-8-19(21)36-4)30-38(33,34)15(2)22(32)17-12-27-20(37-5)13-26-17/h2*6-13,15,22,32H,1-5H3,(H,29,30)/t15-,22+;15-,22-/m11/s1. The molecule has 0 aliphatic heterocycles. The predicted octanol–water partition coefficient (Wildman–Crippen LogP) is 4.63. The van der Waals surface area contributed by atoms with Gasteiger partial charge in [-0.15, -0.1) is 20.4 Å². The summed E-state index contributed by atoms with van der Waals surface area (Å²) < 4.78 is 93.8. The molecule has 0 spiro atoms. The van der Waals surface area contributed by atoms with Crippen LogP contribution in [0.2, 0.25) is 0 Å². The number of hydrogen-bond acceptors (Lipinski definition) is 22. The molecule has 6 aromatic heterocycles. The molecular formula is C48H54N14O12S2. The van der Waals surface area contributed by atoms with Crippen molar-refractivity contribution in [2.24, 2.45) is 0 Å². The van der Waals surface area contributed by atoms with Crippen LogP contribution in [0, 0.1) is 13.8 Å². The molecule has 0 aliphatic rings. The van der Waals surface area contributed by atoms with E-state index in [1.54, 1.807) is 61.2 Å². The molecule has 2 aromatic carbocycles. The number of anilines is 2. The fourth-order valence-corrected chi connectivity index (χ4v) is 9.49. The van der Waals surface area contributed by atoms with E-state index < -0.39 is 42.8 Å². The van der Waals surface area contributed by atoms with Crippen LogP contribution < -0.4 is 37.9 Å². The summed E-state index contributed by atoms with van der Waals surface area (Å²) >= 11 is 0. The normalized spacial score (nSPS) is 13.0. The molecule has 0 saturated heterocycles. The number of rotatable bonds is 20. The van der Waals surface area contributed by atoms with Crippen molar-refractivity contribution < 1.29 is 55.5 Å². The van der Waals surface area contributed by atoms with Gasteiger partial charge in [-0.3, -0.25) is 38.5 Å². The highest BCUT2D eigenvalue weighted by Crippen LogP contribution is 2.40. The number of sulfonamides is 2. The third-order valence-corrected chi connectivity index (χ3v) is 14.9. The molecule has 0 unspecified atom stereocenters. The molecule has 0 amide bonds. The van der Waals surface area contributed by atoms with Crippen LogP contribution in [0.4, 0.5) is 11.9 Å². The molecule has 0 fully saturated rings. The van der Waals surface area contributed by atoms with Gasteiger partial charge >= 0.3 is 0 Å². The van der Waals surface area contributed by atoms with Crippen molar-refractivity contribution >= 4 is 31.9 Å². The molecule has 8 aromatic rings. The molecule has 400 valence electrons. The van der Waals surface area contributed by atoms with E-state index in [1.165, 1.54) is 90.4 Å². The number of aromatic nitrogens is 12. The highest BCUT2D eigenvalue weighted by Gasteiger charge is 2.35. The summed E-state index contributed by atoms with van der Waals surface area (Å²) in [6.07, 6.45) is 8.62. The number of nitrogens with zero attached hydrogens (tertiary/aromatic N) is 12. The summed E-state index contributed by atoms with van der Waals surface area (Å²) in [5.74, 6) is 2.26.